The molecule has 1 aliphatic heterocycles. The third kappa shape index (κ3) is 2.71. The molecule has 0 spiro atoms. The van der Waals surface area contributed by atoms with Crippen LogP contribution in [0.25, 0.3) is 10.9 Å². The quantitative estimate of drug-likeness (QED) is 0.850. The molecule has 1 fully saturated rings. The zero-order valence-electron chi connectivity index (χ0n) is 12.3. The maximum absolute atomic E-state index is 13.0. The first-order valence-electron chi connectivity index (χ1n) is 7.52. The van der Waals surface area contributed by atoms with Crippen LogP contribution in [-0.4, -0.2) is 36.0 Å². The molecular formula is C17H20N2O2. The van der Waals surface area contributed by atoms with E-state index in [0.717, 1.165) is 36.8 Å². The fourth-order valence-electron chi connectivity index (χ4n) is 2.93. The molecule has 1 aromatic carbocycles. The molecular weight excluding hydrogens is 264 g/mol. The summed E-state index contributed by atoms with van der Waals surface area (Å²) < 4.78 is 5.39. The number of likely N-dealkylation sites (tertiary alicyclic amines) is 1. The minimum Gasteiger partial charge on any atom is -0.494 e. The summed E-state index contributed by atoms with van der Waals surface area (Å²) in [6.45, 7) is 1.66. The predicted octanol–water partition coefficient (Wildman–Crippen LogP) is 3.26. The molecule has 0 atom stereocenters. The average molecular weight is 284 g/mol. The van der Waals surface area contributed by atoms with Crippen LogP contribution in [0.5, 0.6) is 5.75 Å². The number of nitrogens with zero attached hydrogens (tertiary/aromatic N) is 2. The molecule has 1 aliphatic rings. The lowest BCUT2D eigenvalue weighted by Crippen LogP contribution is -2.32. The molecule has 0 saturated carbocycles. The van der Waals surface area contributed by atoms with Crippen LogP contribution in [0.4, 0.5) is 0 Å². The normalized spacial score (nSPS) is 15.8. The fraction of sp³-hybridized carbons (Fsp3) is 0.412. The van der Waals surface area contributed by atoms with E-state index >= 15 is 0 Å². The number of benzene rings is 1. The zero-order chi connectivity index (χ0) is 14.7. The van der Waals surface area contributed by atoms with Gasteiger partial charge in [0, 0.05) is 18.5 Å². The SMILES string of the molecule is COc1cnc2ccccc2c1C(=O)N1CCCCCC1. The predicted molar refractivity (Wildman–Crippen MR) is 82.7 cm³/mol. The summed E-state index contributed by atoms with van der Waals surface area (Å²) in [5, 5.41) is 0.867. The van der Waals surface area contributed by atoms with Crippen molar-refractivity contribution in [1.82, 2.24) is 9.88 Å². The van der Waals surface area contributed by atoms with E-state index in [1.54, 1.807) is 13.3 Å². The Morgan fingerprint density at radius 1 is 1.14 bits per heavy atom. The third-order valence-electron chi connectivity index (χ3n) is 4.07. The van der Waals surface area contributed by atoms with Crippen LogP contribution in [0, 0.1) is 0 Å². The number of fused-ring (bicyclic) bond motifs is 1. The van der Waals surface area contributed by atoms with Gasteiger partial charge < -0.3 is 9.64 Å². The van der Waals surface area contributed by atoms with E-state index in [1.807, 2.05) is 29.2 Å². The summed E-state index contributed by atoms with van der Waals surface area (Å²) in [5.41, 5.74) is 1.47. The number of amides is 1. The van der Waals surface area contributed by atoms with Crippen LogP contribution < -0.4 is 4.74 Å². The first-order chi connectivity index (χ1) is 10.3. The second-order valence-electron chi connectivity index (χ2n) is 5.43. The van der Waals surface area contributed by atoms with Gasteiger partial charge in [0.1, 0.15) is 0 Å². The number of pyridine rings is 1. The van der Waals surface area contributed by atoms with Gasteiger partial charge in [0.25, 0.3) is 5.91 Å². The van der Waals surface area contributed by atoms with Crippen LogP contribution in [0.15, 0.2) is 30.5 Å². The maximum atomic E-state index is 13.0. The molecule has 1 amide bonds. The summed E-state index contributed by atoms with van der Waals surface area (Å²) in [5.74, 6) is 0.621. The summed E-state index contributed by atoms with van der Waals surface area (Å²) in [4.78, 5) is 19.3. The summed E-state index contributed by atoms with van der Waals surface area (Å²) >= 11 is 0. The Hall–Kier alpha value is -2.10. The van der Waals surface area contributed by atoms with Crippen LogP contribution >= 0.6 is 0 Å². The van der Waals surface area contributed by atoms with Crippen molar-refractivity contribution < 1.29 is 9.53 Å². The monoisotopic (exact) mass is 284 g/mol. The van der Waals surface area contributed by atoms with Crippen molar-refractivity contribution in [1.29, 1.82) is 0 Å². The van der Waals surface area contributed by atoms with Gasteiger partial charge in [0.15, 0.2) is 5.75 Å². The van der Waals surface area contributed by atoms with Crippen LogP contribution in [0.3, 0.4) is 0 Å². The third-order valence-corrected chi connectivity index (χ3v) is 4.07. The van der Waals surface area contributed by atoms with E-state index in [9.17, 15) is 4.79 Å². The minimum absolute atomic E-state index is 0.0624. The van der Waals surface area contributed by atoms with Gasteiger partial charge in [-0.2, -0.15) is 0 Å². The Morgan fingerprint density at radius 3 is 2.57 bits per heavy atom. The van der Waals surface area contributed by atoms with Crippen molar-refractivity contribution >= 4 is 16.8 Å². The number of ether oxygens (including phenoxy) is 1. The van der Waals surface area contributed by atoms with Crippen molar-refractivity contribution in [3.8, 4) is 5.75 Å². The molecule has 0 radical (unpaired) electrons. The van der Waals surface area contributed by atoms with E-state index in [2.05, 4.69) is 4.98 Å². The Balaban J connectivity index is 2.06. The molecule has 21 heavy (non-hydrogen) atoms. The largest absolute Gasteiger partial charge is 0.494 e. The molecule has 4 heteroatoms. The molecule has 2 aromatic rings. The fourth-order valence-corrected chi connectivity index (χ4v) is 2.93. The van der Waals surface area contributed by atoms with Crippen molar-refractivity contribution in [3.63, 3.8) is 0 Å². The number of hydrogen-bond acceptors (Lipinski definition) is 3. The molecule has 110 valence electrons. The number of para-hydroxylation sites is 1. The summed E-state index contributed by atoms with van der Waals surface area (Å²) in [6, 6.07) is 7.73. The van der Waals surface area contributed by atoms with Crippen molar-refractivity contribution in [2.45, 2.75) is 25.7 Å². The number of methoxy groups -OCH3 is 1. The highest BCUT2D eigenvalue weighted by molar-refractivity contribution is 6.08. The average Bonchev–Trinajstić information content (AvgIpc) is 2.82. The van der Waals surface area contributed by atoms with Crippen molar-refractivity contribution in [2.24, 2.45) is 0 Å². The van der Waals surface area contributed by atoms with E-state index < -0.39 is 0 Å². The van der Waals surface area contributed by atoms with Gasteiger partial charge in [0.2, 0.25) is 0 Å². The van der Waals surface area contributed by atoms with E-state index in [4.69, 9.17) is 4.74 Å². The van der Waals surface area contributed by atoms with Crippen LogP contribution in [0.2, 0.25) is 0 Å². The van der Waals surface area contributed by atoms with Gasteiger partial charge >= 0.3 is 0 Å². The highest BCUT2D eigenvalue weighted by Crippen LogP contribution is 2.28. The minimum atomic E-state index is 0.0624. The molecule has 0 unspecified atom stereocenters. The van der Waals surface area contributed by atoms with Gasteiger partial charge in [0.05, 0.1) is 24.4 Å². The second kappa shape index (κ2) is 6.12. The number of hydrogen-bond donors (Lipinski definition) is 0. The van der Waals surface area contributed by atoms with Crippen molar-refractivity contribution in [2.75, 3.05) is 20.2 Å². The lowest BCUT2D eigenvalue weighted by Gasteiger charge is -2.22. The Kier molecular flexibility index (Phi) is 4.04. The molecule has 0 bridgehead atoms. The molecule has 2 heterocycles. The van der Waals surface area contributed by atoms with Gasteiger partial charge in [-0.15, -0.1) is 0 Å². The number of aromatic nitrogens is 1. The number of rotatable bonds is 2. The molecule has 0 N–H and O–H groups in total. The van der Waals surface area contributed by atoms with Gasteiger partial charge in [-0.05, 0) is 18.9 Å². The molecule has 4 nitrogen and oxygen atoms in total. The van der Waals surface area contributed by atoms with Gasteiger partial charge in [-0.3, -0.25) is 9.78 Å². The number of carbonyl (C=O) groups is 1. The standard InChI is InChI=1S/C17H20N2O2/c1-21-15-12-18-14-9-5-4-8-13(14)16(15)17(20)19-10-6-2-3-7-11-19/h4-5,8-9,12H,2-3,6-7,10-11H2,1H3. The van der Waals surface area contributed by atoms with Crippen LogP contribution in [0.1, 0.15) is 36.0 Å². The van der Waals surface area contributed by atoms with Gasteiger partial charge in [-0.25, -0.2) is 0 Å². The number of carbonyl (C=O) groups excluding carboxylic acids is 1. The van der Waals surface area contributed by atoms with E-state index in [0.29, 0.717) is 11.3 Å². The lowest BCUT2D eigenvalue weighted by atomic mass is 10.1. The molecule has 1 aromatic heterocycles. The summed E-state index contributed by atoms with van der Waals surface area (Å²) in [7, 11) is 1.59. The molecule has 0 aliphatic carbocycles. The van der Waals surface area contributed by atoms with E-state index in [1.165, 1.54) is 12.8 Å². The van der Waals surface area contributed by atoms with E-state index in [-0.39, 0.29) is 5.91 Å². The maximum Gasteiger partial charge on any atom is 0.258 e. The first-order valence-corrected chi connectivity index (χ1v) is 7.52. The summed E-state index contributed by atoms with van der Waals surface area (Å²) in [6.07, 6.45) is 6.22. The lowest BCUT2D eigenvalue weighted by molar-refractivity contribution is 0.0760. The Labute approximate surface area is 124 Å². The second-order valence-corrected chi connectivity index (χ2v) is 5.43. The molecule has 3 rings (SSSR count). The zero-order valence-corrected chi connectivity index (χ0v) is 12.3. The highest BCUT2D eigenvalue weighted by Gasteiger charge is 2.23. The Morgan fingerprint density at radius 2 is 1.86 bits per heavy atom. The van der Waals surface area contributed by atoms with Crippen molar-refractivity contribution in [3.05, 3.63) is 36.0 Å². The van der Waals surface area contributed by atoms with Gasteiger partial charge in [-0.1, -0.05) is 31.0 Å². The highest BCUT2D eigenvalue weighted by atomic mass is 16.5. The topological polar surface area (TPSA) is 42.4 Å². The Bertz CT molecular complexity index is 646. The molecule has 1 saturated heterocycles. The van der Waals surface area contributed by atoms with Crippen LogP contribution in [-0.2, 0) is 0 Å². The first kappa shape index (κ1) is 13.9. The smallest absolute Gasteiger partial charge is 0.258 e.